The van der Waals surface area contributed by atoms with Gasteiger partial charge in [0.1, 0.15) is 5.69 Å². The molecule has 0 aliphatic rings. The van der Waals surface area contributed by atoms with E-state index in [2.05, 4.69) is 22.2 Å². The van der Waals surface area contributed by atoms with Crippen molar-refractivity contribution in [2.24, 2.45) is 0 Å². The van der Waals surface area contributed by atoms with Crippen LogP contribution in [0.25, 0.3) is 0 Å². The molecular weight excluding hydrogens is 306 g/mol. The highest BCUT2D eigenvalue weighted by molar-refractivity contribution is 5.97. The number of rotatable bonds is 7. The van der Waals surface area contributed by atoms with Crippen molar-refractivity contribution in [2.75, 3.05) is 18.5 Å². The zero-order chi connectivity index (χ0) is 17.4. The van der Waals surface area contributed by atoms with Gasteiger partial charge in [0.15, 0.2) is 0 Å². The summed E-state index contributed by atoms with van der Waals surface area (Å²) in [6.45, 7) is 5.97. The monoisotopic (exact) mass is 325 g/mol. The van der Waals surface area contributed by atoms with Crippen LogP contribution in [0, 0.1) is 0 Å². The summed E-state index contributed by atoms with van der Waals surface area (Å²) in [7, 11) is 0. The molecule has 0 bridgehead atoms. The van der Waals surface area contributed by atoms with Crippen molar-refractivity contribution in [1.29, 1.82) is 0 Å². The van der Waals surface area contributed by atoms with Gasteiger partial charge in [-0.2, -0.15) is 0 Å². The van der Waals surface area contributed by atoms with Crippen molar-refractivity contribution < 1.29 is 14.3 Å². The van der Waals surface area contributed by atoms with E-state index in [1.165, 1.54) is 6.20 Å². The van der Waals surface area contributed by atoms with Gasteiger partial charge in [-0.25, -0.2) is 4.79 Å². The van der Waals surface area contributed by atoms with Crippen LogP contribution in [-0.4, -0.2) is 30.0 Å². The summed E-state index contributed by atoms with van der Waals surface area (Å²) in [4.78, 5) is 28.0. The van der Waals surface area contributed by atoms with Gasteiger partial charge in [-0.05, 0) is 31.2 Å². The number of amides is 1. The van der Waals surface area contributed by atoms with Crippen molar-refractivity contribution >= 4 is 23.3 Å². The zero-order valence-corrected chi connectivity index (χ0v) is 13.4. The van der Waals surface area contributed by atoms with Gasteiger partial charge in [0.05, 0.1) is 17.9 Å². The Labute approximate surface area is 140 Å². The van der Waals surface area contributed by atoms with Gasteiger partial charge < -0.3 is 15.4 Å². The van der Waals surface area contributed by atoms with E-state index in [1.54, 1.807) is 43.3 Å². The Balaban J connectivity index is 2.21. The van der Waals surface area contributed by atoms with Gasteiger partial charge in [-0.3, -0.25) is 9.78 Å². The number of ether oxygens (including phenoxy) is 1. The van der Waals surface area contributed by atoms with Crippen molar-refractivity contribution in [3.63, 3.8) is 0 Å². The van der Waals surface area contributed by atoms with Crippen LogP contribution in [-0.2, 0) is 4.74 Å². The predicted molar refractivity (Wildman–Crippen MR) is 92.4 cm³/mol. The molecule has 6 nitrogen and oxygen atoms in total. The van der Waals surface area contributed by atoms with Crippen molar-refractivity contribution in [2.45, 2.75) is 6.92 Å². The molecule has 1 heterocycles. The average Bonchev–Trinajstić information content (AvgIpc) is 2.60. The average molecular weight is 325 g/mol. The third kappa shape index (κ3) is 4.42. The third-order valence-electron chi connectivity index (χ3n) is 3.10. The highest BCUT2D eigenvalue weighted by Gasteiger charge is 2.13. The second-order valence-corrected chi connectivity index (χ2v) is 4.82. The number of pyridine rings is 1. The molecule has 0 atom stereocenters. The Hall–Kier alpha value is -3.15. The third-order valence-corrected chi connectivity index (χ3v) is 3.10. The van der Waals surface area contributed by atoms with E-state index in [0.717, 1.165) is 0 Å². The van der Waals surface area contributed by atoms with Crippen LogP contribution in [0.1, 0.15) is 27.8 Å². The largest absolute Gasteiger partial charge is 0.462 e. The van der Waals surface area contributed by atoms with Gasteiger partial charge in [0.2, 0.25) is 0 Å². The molecule has 1 aromatic heterocycles. The van der Waals surface area contributed by atoms with E-state index in [0.29, 0.717) is 30.1 Å². The fourth-order valence-electron chi connectivity index (χ4n) is 2.02. The van der Waals surface area contributed by atoms with Crippen LogP contribution in [0.4, 0.5) is 11.4 Å². The van der Waals surface area contributed by atoms with E-state index in [1.807, 2.05) is 6.07 Å². The van der Waals surface area contributed by atoms with Crippen molar-refractivity contribution in [1.82, 2.24) is 10.3 Å². The van der Waals surface area contributed by atoms with Crippen LogP contribution >= 0.6 is 0 Å². The second kappa shape index (κ2) is 8.47. The molecule has 0 fully saturated rings. The van der Waals surface area contributed by atoms with Gasteiger partial charge >= 0.3 is 5.97 Å². The van der Waals surface area contributed by atoms with Gasteiger partial charge in [-0.1, -0.05) is 18.2 Å². The van der Waals surface area contributed by atoms with E-state index < -0.39 is 5.97 Å². The number of hydrogen-bond acceptors (Lipinski definition) is 5. The van der Waals surface area contributed by atoms with Crippen LogP contribution in [0.2, 0.25) is 0 Å². The number of carbonyl (C=O) groups excluding carboxylic acids is 2. The molecule has 0 aliphatic carbocycles. The SMILES string of the molecule is C=CCNC(=O)c1cc(Nc2ccccc2C(=O)OCC)ccn1. The Bertz CT molecular complexity index is 744. The molecule has 1 aromatic carbocycles. The number of aromatic nitrogens is 1. The lowest BCUT2D eigenvalue weighted by atomic mass is 10.1. The number of nitrogens with zero attached hydrogens (tertiary/aromatic N) is 1. The number of para-hydroxylation sites is 1. The molecular formula is C18H19N3O3. The normalized spacial score (nSPS) is 9.88. The first-order valence-electron chi connectivity index (χ1n) is 7.54. The molecule has 6 heteroatoms. The summed E-state index contributed by atoms with van der Waals surface area (Å²) in [5.74, 6) is -0.698. The summed E-state index contributed by atoms with van der Waals surface area (Å²) in [6.07, 6.45) is 3.12. The number of hydrogen-bond donors (Lipinski definition) is 2. The van der Waals surface area contributed by atoms with E-state index in [-0.39, 0.29) is 11.6 Å². The fourth-order valence-corrected chi connectivity index (χ4v) is 2.02. The molecule has 24 heavy (non-hydrogen) atoms. The maximum absolute atomic E-state index is 12.0. The molecule has 124 valence electrons. The maximum atomic E-state index is 12.0. The van der Waals surface area contributed by atoms with E-state index >= 15 is 0 Å². The summed E-state index contributed by atoms with van der Waals surface area (Å²) in [5.41, 5.74) is 1.94. The van der Waals surface area contributed by atoms with Gasteiger partial charge in [-0.15, -0.1) is 6.58 Å². The molecule has 0 saturated carbocycles. The molecule has 0 radical (unpaired) electrons. The maximum Gasteiger partial charge on any atom is 0.340 e. The minimum Gasteiger partial charge on any atom is -0.462 e. The number of anilines is 2. The standard InChI is InChI=1S/C18H19N3O3/c1-3-10-20-17(22)16-12-13(9-11-19-16)21-15-8-6-5-7-14(15)18(23)24-4-2/h3,5-9,11-12H,1,4,10H2,2H3,(H,19,21)(H,20,22). The smallest absolute Gasteiger partial charge is 0.340 e. The first-order chi connectivity index (χ1) is 11.7. The lowest BCUT2D eigenvalue weighted by Crippen LogP contribution is -2.24. The highest BCUT2D eigenvalue weighted by Crippen LogP contribution is 2.21. The topological polar surface area (TPSA) is 80.3 Å². The highest BCUT2D eigenvalue weighted by atomic mass is 16.5. The van der Waals surface area contributed by atoms with Crippen molar-refractivity contribution in [3.8, 4) is 0 Å². The molecule has 0 spiro atoms. The first kappa shape index (κ1) is 17.2. The second-order valence-electron chi connectivity index (χ2n) is 4.82. The lowest BCUT2D eigenvalue weighted by Gasteiger charge is -2.12. The molecule has 0 aliphatic heterocycles. The molecule has 2 N–H and O–H groups in total. The van der Waals surface area contributed by atoms with Crippen LogP contribution in [0.3, 0.4) is 0 Å². The predicted octanol–water partition coefficient (Wildman–Crippen LogP) is 2.92. The molecule has 0 unspecified atom stereocenters. The van der Waals surface area contributed by atoms with Gasteiger partial charge in [0.25, 0.3) is 5.91 Å². The number of benzene rings is 1. The fraction of sp³-hybridized carbons (Fsp3) is 0.167. The van der Waals surface area contributed by atoms with Crippen molar-refractivity contribution in [3.05, 3.63) is 66.5 Å². The Morgan fingerprint density at radius 2 is 2.08 bits per heavy atom. The quantitative estimate of drug-likeness (QED) is 0.604. The Kier molecular flexibility index (Phi) is 6.08. The minimum atomic E-state index is -0.404. The molecule has 1 amide bonds. The number of esters is 1. The number of carbonyl (C=O) groups is 2. The Morgan fingerprint density at radius 1 is 1.29 bits per heavy atom. The van der Waals surface area contributed by atoms with Crippen LogP contribution in [0.15, 0.2) is 55.3 Å². The number of nitrogens with one attached hydrogen (secondary N) is 2. The van der Waals surface area contributed by atoms with Crippen LogP contribution < -0.4 is 10.6 Å². The summed E-state index contributed by atoms with van der Waals surface area (Å²) < 4.78 is 5.05. The minimum absolute atomic E-state index is 0.274. The molecule has 2 rings (SSSR count). The Morgan fingerprint density at radius 3 is 2.83 bits per heavy atom. The van der Waals surface area contributed by atoms with Crippen LogP contribution in [0.5, 0.6) is 0 Å². The zero-order valence-electron chi connectivity index (χ0n) is 13.4. The summed E-state index contributed by atoms with van der Waals surface area (Å²) >= 11 is 0. The summed E-state index contributed by atoms with van der Waals surface area (Å²) in [5, 5.41) is 5.79. The summed E-state index contributed by atoms with van der Waals surface area (Å²) in [6, 6.07) is 10.3. The molecule has 0 saturated heterocycles. The van der Waals surface area contributed by atoms with E-state index in [9.17, 15) is 9.59 Å². The first-order valence-corrected chi connectivity index (χ1v) is 7.54. The molecule has 2 aromatic rings. The van der Waals surface area contributed by atoms with Gasteiger partial charge in [0, 0.05) is 18.4 Å². The van der Waals surface area contributed by atoms with E-state index in [4.69, 9.17) is 4.74 Å². The lowest BCUT2D eigenvalue weighted by molar-refractivity contribution is 0.0527.